The number of phosphoric ester groups is 2. The molecule has 0 rings (SSSR count). The van der Waals surface area contributed by atoms with Gasteiger partial charge in [0.05, 0.1) is 26.4 Å². The van der Waals surface area contributed by atoms with Crippen LogP contribution in [0.1, 0.15) is 357 Å². The number of hydrogen-bond donors (Lipinski definition) is 3. The molecule has 91 heavy (non-hydrogen) atoms. The lowest BCUT2D eigenvalue weighted by molar-refractivity contribution is -0.161. The third-order valence-electron chi connectivity index (χ3n) is 17.7. The normalized spacial score (nSPS) is 15.1. The third kappa shape index (κ3) is 62.6. The van der Waals surface area contributed by atoms with Crippen LogP contribution in [0.3, 0.4) is 0 Å². The minimum absolute atomic E-state index is 0.103. The van der Waals surface area contributed by atoms with Crippen LogP contribution in [0.25, 0.3) is 0 Å². The molecule has 0 aromatic rings. The molecule has 0 spiro atoms. The average molecular weight is 1340 g/mol. The minimum atomic E-state index is -4.95. The van der Waals surface area contributed by atoms with Crippen LogP contribution < -0.4 is 0 Å². The van der Waals surface area contributed by atoms with Crippen molar-refractivity contribution < 1.29 is 80.2 Å². The highest BCUT2D eigenvalue weighted by Crippen LogP contribution is 2.45. The standard InChI is InChI=1S/C72H140O17P2/c1-9-63(6)49-41-33-25-21-16-14-12-13-15-17-22-26-36-44-52-69(74)82-58-68(89-72(77)55-47-39-31-29-35-43-51-65(8)11-3)61-87-91(80,81)85-57-66(73)56-84-90(78,79)86-60-67(59-83-70(75)53-45-37-30-28-34-42-50-64(7)10-2)88-71(76)54-46-38-27-23-19-18-20-24-32-40-48-62(4)5/h62-68,73H,9-61H2,1-8H3,(H,78,79)(H,80,81)/t63?,64?,65?,66-,67+,68+/m0/s1. The largest absolute Gasteiger partial charge is 0.472 e. The van der Waals surface area contributed by atoms with Gasteiger partial charge in [0, 0.05) is 25.7 Å². The lowest BCUT2D eigenvalue weighted by Gasteiger charge is -2.21. The van der Waals surface area contributed by atoms with E-state index in [2.05, 4.69) is 55.4 Å². The van der Waals surface area contributed by atoms with E-state index in [1.165, 1.54) is 154 Å². The molecule has 0 aromatic heterocycles. The molecule has 0 saturated heterocycles. The van der Waals surface area contributed by atoms with Crippen LogP contribution in [-0.4, -0.2) is 96.7 Å². The number of ether oxygens (including phenoxy) is 4. The Labute approximate surface area is 556 Å². The Kier molecular flexibility index (Phi) is 60.3. The fourth-order valence-corrected chi connectivity index (χ4v) is 12.3. The number of aliphatic hydroxyl groups is 1. The summed E-state index contributed by atoms with van der Waals surface area (Å²) in [6, 6.07) is 0. The van der Waals surface area contributed by atoms with E-state index in [9.17, 15) is 43.2 Å². The maximum Gasteiger partial charge on any atom is 0.472 e. The fourth-order valence-electron chi connectivity index (χ4n) is 10.7. The summed E-state index contributed by atoms with van der Waals surface area (Å²) in [7, 11) is -9.91. The summed E-state index contributed by atoms with van der Waals surface area (Å²) in [5, 5.41) is 10.6. The molecule has 0 bridgehead atoms. The Hall–Kier alpha value is -1.94. The Morgan fingerprint density at radius 2 is 0.527 bits per heavy atom. The molecule has 0 aliphatic carbocycles. The number of rotatable bonds is 69. The maximum absolute atomic E-state index is 13.0. The smallest absolute Gasteiger partial charge is 0.462 e. The molecule has 19 heteroatoms. The van der Waals surface area contributed by atoms with Crippen LogP contribution >= 0.6 is 15.6 Å². The Morgan fingerprint density at radius 3 is 0.780 bits per heavy atom. The zero-order valence-electron chi connectivity index (χ0n) is 59.5. The highest BCUT2D eigenvalue weighted by molar-refractivity contribution is 7.47. The SMILES string of the molecule is CCC(C)CCCCCCCCCCCCCCCCC(=O)OC[C@H](COP(=O)(O)OC[C@@H](O)COP(=O)(O)OC[C@@H](COC(=O)CCCCCCCCC(C)CC)OC(=O)CCCCCCCCCCCCC(C)C)OC(=O)CCCCCCCCC(C)CC. The van der Waals surface area contributed by atoms with Crippen LogP contribution in [0.2, 0.25) is 0 Å². The first kappa shape index (κ1) is 89.1. The Balaban J connectivity index is 5.21. The highest BCUT2D eigenvalue weighted by Gasteiger charge is 2.30. The van der Waals surface area contributed by atoms with E-state index in [1.54, 1.807) is 0 Å². The van der Waals surface area contributed by atoms with Crippen LogP contribution in [0.5, 0.6) is 0 Å². The summed E-state index contributed by atoms with van der Waals surface area (Å²) in [5.74, 6) is 0.922. The lowest BCUT2D eigenvalue weighted by Crippen LogP contribution is -2.30. The number of hydrogen-bond acceptors (Lipinski definition) is 15. The number of aliphatic hydroxyl groups excluding tert-OH is 1. The second-order valence-corrected chi connectivity index (χ2v) is 30.1. The van der Waals surface area contributed by atoms with E-state index in [0.29, 0.717) is 25.7 Å². The molecule has 0 saturated carbocycles. The Bertz CT molecular complexity index is 1800. The summed E-state index contributed by atoms with van der Waals surface area (Å²) in [6.45, 7) is 14.1. The first-order valence-electron chi connectivity index (χ1n) is 37.3. The molecular weight excluding hydrogens is 1200 g/mol. The molecule has 5 unspecified atom stereocenters. The van der Waals surface area contributed by atoms with E-state index in [4.69, 9.17) is 37.0 Å². The second-order valence-electron chi connectivity index (χ2n) is 27.2. The Morgan fingerprint density at radius 1 is 0.308 bits per heavy atom. The number of carbonyl (C=O) groups is 4. The molecule has 0 aromatic carbocycles. The molecule has 540 valence electrons. The number of phosphoric acid groups is 2. The van der Waals surface area contributed by atoms with Gasteiger partial charge in [-0.15, -0.1) is 0 Å². The van der Waals surface area contributed by atoms with Crippen molar-refractivity contribution >= 4 is 39.5 Å². The van der Waals surface area contributed by atoms with E-state index in [1.807, 2.05) is 0 Å². The molecular formula is C72H140O17P2. The summed E-state index contributed by atoms with van der Waals surface area (Å²) in [6.07, 6.45) is 44.5. The second kappa shape index (κ2) is 61.6. The van der Waals surface area contributed by atoms with Crippen LogP contribution in [0, 0.1) is 23.7 Å². The predicted molar refractivity (Wildman–Crippen MR) is 367 cm³/mol. The van der Waals surface area contributed by atoms with E-state index in [-0.39, 0.29) is 25.7 Å². The quantitative estimate of drug-likeness (QED) is 0.0222. The van der Waals surface area contributed by atoms with Crippen molar-refractivity contribution in [1.82, 2.24) is 0 Å². The zero-order chi connectivity index (χ0) is 67.5. The summed E-state index contributed by atoms with van der Waals surface area (Å²) in [5.41, 5.74) is 0. The van der Waals surface area contributed by atoms with Crippen LogP contribution in [0.15, 0.2) is 0 Å². The summed E-state index contributed by atoms with van der Waals surface area (Å²) in [4.78, 5) is 72.6. The highest BCUT2D eigenvalue weighted by atomic mass is 31.2. The topological polar surface area (TPSA) is 237 Å². The van der Waals surface area contributed by atoms with Crippen LogP contribution in [-0.2, 0) is 65.4 Å². The molecule has 0 radical (unpaired) electrons. The summed E-state index contributed by atoms with van der Waals surface area (Å²) >= 11 is 0. The molecule has 0 aliphatic rings. The van der Waals surface area contributed by atoms with Gasteiger partial charge in [0.2, 0.25) is 0 Å². The summed E-state index contributed by atoms with van der Waals surface area (Å²) < 4.78 is 68.3. The van der Waals surface area contributed by atoms with E-state index < -0.39 is 97.5 Å². The molecule has 17 nitrogen and oxygen atoms in total. The number of unbranched alkanes of at least 4 members (excludes halogenated alkanes) is 32. The fraction of sp³-hybridized carbons (Fsp3) is 0.944. The van der Waals surface area contributed by atoms with Gasteiger partial charge in [0.15, 0.2) is 12.2 Å². The predicted octanol–water partition coefficient (Wildman–Crippen LogP) is 20.5. The van der Waals surface area contributed by atoms with Gasteiger partial charge in [0.25, 0.3) is 0 Å². The minimum Gasteiger partial charge on any atom is -0.462 e. The van der Waals surface area contributed by atoms with Crippen molar-refractivity contribution in [3.8, 4) is 0 Å². The van der Waals surface area contributed by atoms with Crippen molar-refractivity contribution in [2.24, 2.45) is 23.7 Å². The first-order chi connectivity index (χ1) is 43.7. The number of carbonyl (C=O) groups excluding carboxylic acids is 4. The van der Waals surface area contributed by atoms with Gasteiger partial charge in [0.1, 0.15) is 19.3 Å². The van der Waals surface area contributed by atoms with Gasteiger partial charge in [-0.3, -0.25) is 37.3 Å². The monoisotopic (exact) mass is 1340 g/mol. The first-order valence-corrected chi connectivity index (χ1v) is 40.3. The van der Waals surface area contributed by atoms with Crippen molar-refractivity contribution in [3.05, 3.63) is 0 Å². The third-order valence-corrected chi connectivity index (χ3v) is 19.6. The van der Waals surface area contributed by atoms with Gasteiger partial charge in [-0.1, -0.05) is 306 Å². The van der Waals surface area contributed by atoms with Gasteiger partial charge in [-0.25, -0.2) is 9.13 Å². The van der Waals surface area contributed by atoms with Gasteiger partial charge >= 0.3 is 39.5 Å². The van der Waals surface area contributed by atoms with Crippen molar-refractivity contribution in [2.75, 3.05) is 39.6 Å². The molecule has 0 aliphatic heterocycles. The van der Waals surface area contributed by atoms with Crippen molar-refractivity contribution in [3.63, 3.8) is 0 Å². The van der Waals surface area contributed by atoms with Crippen LogP contribution in [0.4, 0.5) is 0 Å². The average Bonchev–Trinajstić information content (AvgIpc) is 2.67. The maximum atomic E-state index is 13.0. The lowest BCUT2D eigenvalue weighted by atomic mass is 9.99. The van der Waals surface area contributed by atoms with Gasteiger partial charge in [-0.2, -0.15) is 0 Å². The molecule has 0 fully saturated rings. The van der Waals surface area contributed by atoms with E-state index >= 15 is 0 Å². The molecule has 8 atom stereocenters. The van der Waals surface area contributed by atoms with E-state index in [0.717, 1.165) is 120 Å². The molecule has 3 N–H and O–H groups in total. The van der Waals surface area contributed by atoms with Crippen molar-refractivity contribution in [2.45, 2.75) is 375 Å². The molecule has 0 heterocycles. The zero-order valence-corrected chi connectivity index (χ0v) is 61.3. The number of esters is 4. The van der Waals surface area contributed by atoms with Gasteiger partial charge in [-0.05, 0) is 49.4 Å². The van der Waals surface area contributed by atoms with Crippen molar-refractivity contribution in [1.29, 1.82) is 0 Å². The van der Waals surface area contributed by atoms with Gasteiger partial charge < -0.3 is 33.8 Å². The molecule has 0 amide bonds.